The van der Waals surface area contributed by atoms with E-state index >= 15 is 0 Å². The molecule has 0 fully saturated rings. The Bertz CT molecular complexity index is 235. The highest BCUT2D eigenvalue weighted by Crippen LogP contribution is 1.83. The minimum atomic E-state index is -0.199. The van der Waals surface area contributed by atoms with E-state index in [1.54, 1.807) is 7.11 Å². The van der Waals surface area contributed by atoms with Gasteiger partial charge in [-0.3, -0.25) is 9.59 Å². The molecular weight excluding hydrogens is 240 g/mol. The number of hydrogen-bond donors (Lipinski definition) is 2. The van der Waals surface area contributed by atoms with Gasteiger partial charge >= 0.3 is 0 Å². The van der Waals surface area contributed by atoms with Gasteiger partial charge in [0.2, 0.25) is 11.8 Å². The first kappa shape index (κ1) is 16.8. The molecule has 0 aromatic heterocycles. The lowest BCUT2D eigenvalue weighted by atomic mass is 10.4. The van der Waals surface area contributed by atoms with Gasteiger partial charge in [0.05, 0.1) is 19.8 Å². The molecule has 0 aliphatic rings. The topological polar surface area (TPSA) is 85.9 Å². The number of rotatable bonds is 11. The lowest BCUT2D eigenvalue weighted by Crippen LogP contribution is -2.36. The van der Waals surface area contributed by atoms with Gasteiger partial charge in [0.25, 0.3) is 0 Å². The third-order valence-corrected chi connectivity index (χ3v) is 1.95. The maximum atomic E-state index is 11.3. The van der Waals surface area contributed by atoms with E-state index in [9.17, 15) is 9.59 Å². The molecule has 0 aromatic carbocycles. The zero-order valence-electron chi connectivity index (χ0n) is 11.0. The molecule has 7 heteroatoms. The van der Waals surface area contributed by atoms with Crippen molar-refractivity contribution in [2.24, 2.45) is 0 Å². The Morgan fingerprint density at radius 3 is 2.17 bits per heavy atom. The molecule has 0 aromatic rings. The van der Waals surface area contributed by atoms with Gasteiger partial charge in [-0.2, -0.15) is 0 Å². The van der Waals surface area contributed by atoms with Gasteiger partial charge in [-0.25, -0.2) is 0 Å². The SMILES string of the molecule is COCCOCCC(=O)NCCNC(=O)COC. The highest BCUT2D eigenvalue weighted by molar-refractivity contribution is 5.77. The van der Waals surface area contributed by atoms with Gasteiger partial charge in [-0.05, 0) is 0 Å². The normalized spacial score (nSPS) is 10.1. The van der Waals surface area contributed by atoms with Crippen molar-refractivity contribution in [1.82, 2.24) is 10.6 Å². The van der Waals surface area contributed by atoms with Gasteiger partial charge in [-0.15, -0.1) is 0 Å². The molecule has 2 N–H and O–H groups in total. The molecule has 0 radical (unpaired) electrons. The van der Waals surface area contributed by atoms with Crippen LogP contribution in [0.4, 0.5) is 0 Å². The van der Waals surface area contributed by atoms with Crippen LogP contribution in [0.25, 0.3) is 0 Å². The molecule has 0 heterocycles. The monoisotopic (exact) mass is 262 g/mol. The molecule has 0 aliphatic carbocycles. The van der Waals surface area contributed by atoms with Crippen LogP contribution in [0, 0.1) is 0 Å². The molecule has 0 unspecified atom stereocenters. The highest BCUT2D eigenvalue weighted by atomic mass is 16.5. The minimum Gasteiger partial charge on any atom is -0.382 e. The van der Waals surface area contributed by atoms with E-state index in [4.69, 9.17) is 9.47 Å². The van der Waals surface area contributed by atoms with Crippen LogP contribution >= 0.6 is 0 Å². The van der Waals surface area contributed by atoms with Crippen molar-refractivity contribution in [3.8, 4) is 0 Å². The zero-order valence-corrected chi connectivity index (χ0v) is 11.0. The van der Waals surface area contributed by atoms with Crippen LogP contribution in [0.3, 0.4) is 0 Å². The Morgan fingerprint density at radius 1 is 0.889 bits per heavy atom. The Labute approximate surface area is 107 Å². The van der Waals surface area contributed by atoms with Crippen LogP contribution < -0.4 is 10.6 Å². The first-order valence-electron chi connectivity index (χ1n) is 5.79. The molecule has 2 amide bonds. The number of carbonyl (C=O) groups excluding carboxylic acids is 2. The van der Waals surface area contributed by atoms with Crippen LogP contribution in [0.1, 0.15) is 6.42 Å². The summed E-state index contributed by atoms with van der Waals surface area (Å²) < 4.78 is 14.6. The molecule has 0 aliphatic heterocycles. The lowest BCUT2D eigenvalue weighted by Gasteiger charge is -2.07. The van der Waals surface area contributed by atoms with Gasteiger partial charge < -0.3 is 24.8 Å². The van der Waals surface area contributed by atoms with E-state index in [0.717, 1.165) is 0 Å². The van der Waals surface area contributed by atoms with E-state index in [1.807, 2.05) is 0 Å². The number of nitrogens with one attached hydrogen (secondary N) is 2. The molecule has 0 atom stereocenters. The van der Waals surface area contributed by atoms with Crippen molar-refractivity contribution < 1.29 is 23.8 Å². The van der Waals surface area contributed by atoms with Crippen LogP contribution in [0.2, 0.25) is 0 Å². The summed E-state index contributed by atoms with van der Waals surface area (Å²) in [5.74, 6) is -0.303. The van der Waals surface area contributed by atoms with E-state index in [-0.39, 0.29) is 18.4 Å². The average molecular weight is 262 g/mol. The number of methoxy groups -OCH3 is 2. The van der Waals surface area contributed by atoms with Gasteiger partial charge in [-0.1, -0.05) is 0 Å². The van der Waals surface area contributed by atoms with Crippen LogP contribution in [-0.2, 0) is 23.8 Å². The minimum absolute atomic E-state index is 0.0291. The Balaban J connectivity index is 3.29. The molecule has 0 saturated carbocycles. The summed E-state index contributed by atoms with van der Waals surface area (Å²) in [4.78, 5) is 22.3. The van der Waals surface area contributed by atoms with E-state index in [2.05, 4.69) is 15.4 Å². The summed E-state index contributed by atoms with van der Waals surface area (Å²) in [5.41, 5.74) is 0. The first-order valence-corrected chi connectivity index (χ1v) is 5.79. The molecular formula is C11H22N2O5. The molecule has 0 saturated heterocycles. The van der Waals surface area contributed by atoms with Gasteiger partial charge in [0.15, 0.2) is 0 Å². The Morgan fingerprint density at radius 2 is 1.56 bits per heavy atom. The number of ether oxygens (including phenoxy) is 3. The number of amides is 2. The summed E-state index contributed by atoms with van der Waals surface area (Å²) in [7, 11) is 3.04. The third-order valence-electron chi connectivity index (χ3n) is 1.95. The lowest BCUT2D eigenvalue weighted by molar-refractivity contribution is -0.125. The summed E-state index contributed by atoms with van der Waals surface area (Å²) in [6.07, 6.45) is 0.301. The van der Waals surface area contributed by atoms with E-state index in [0.29, 0.717) is 39.3 Å². The smallest absolute Gasteiger partial charge is 0.246 e. The Hall–Kier alpha value is -1.18. The standard InChI is InChI=1S/C11H22N2O5/c1-16-7-8-18-6-3-10(14)12-4-5-13-11(15)9-17-2/h3-9H2,1-2H3,(H,12,14)(H,13,15). The third kappa shape index (κ3) is 11.3. The fourth-order valence-corrected chi connectivity index (χ4v) is 1.08. The maximum absolute atomic E-state index is 11.3. The maximum Gasteiger partial charge on any atom is 0.246 e. The molecule has 18 heavy (non-hydrogen) atoms. The second-order valence-corrected chi connectivity index (χ2v) is 3.49. The summed E-state index contributed by atoms with van der Waals surface area (Å²) >= 11 is 0. The fourth-order valence-electron chi connectivity index (χ4n) is 1.08. The summed E-state index contributed by atoms with van der Waals surface area (Å²) in [5, 5.41) is 5.26. The molecule has 0 rings (SSSR count). The first-order chi connectivity index (χ1) is 8.70. The second kappa shape index (κ2) is 12.3. The summed E-state index contributed by atoms with van der Waals surface area (Å²) in [6, 6.07) is 0. The van der Waals surface area contributed by atoms with Crippen LogP contribution in [0.5, 0.6) is 0 Å². The number of hydrogen-bond acceptors (Lipinski definition) is 5. The molecule has 7 nitrogen and oxygen atoms in total. The van der Waals surface area contributed by atoms with E-state index in [1.165, 1.54) is 7.11 Å². The van der Waals surface area contributed by atoms with E-state index < -0.39 is 0 Å². The van der Waals surface area contributed by atoms with Crippen molar-refractivity contribution in [2.45, 2.75) is 6.42 Å². The van der Waals surface area contributed by atoms with Gasteiger partial charge in [0, 0.05) is 33.7 Å². The van der Waals surface area contributed by atoms with Crippen LogP contribution in [0.15, 0.2) is 0 Å². The average Bonchev–Trinajstić information content (AvgIpc) is 2.35. The highest BCUT2D eigenvalue weighted by Gasteiger charge is 2.02. The van der Waals surface area contributed by atoms with Crippen molar-refractivity contribution >= 4 is 11.8 Å². The quantitative estimate of drug-likeness (QED) is 0.463. The largest absolute Gasteiger partial charge is 0.382 e. The van der Waals surface area contributed by atoms with Crippen molar-refractivity contribution in [3.63, 3.8) is 0 Å². The number of carbonyl (C=O) groups is 2. The van der Waals surface area contributed by atoms with Crippen molar-refractivity contribution in [3.05, 3.63) is 0 Å². The fraction of sp³-hybridized carbons (Fsp3) is 0.818. The van der Waals surface area contributed by atoms with Crippen molar-refractivity contribution in [2.75, 3.05) is 53.7 Å². The van der Waals surface area contributed by atoms with Crippen LogP contribution in [-0.4, -0.2) is 65.6 Å². The predicted octanol–water partition coefficient (Wildman–Crippen LogP) is -1.08. The molecule has 106 valence electrons. The predicted molar refractivity (Wildman–Crippen MR) is 65.2 cm³/mol. The molecule has 0 spiro atoms. The second-order valence-electron chi connectivity index (χ2n) is 3.49. The van der Waals surface area contributed by atoms with Crippen molar-refractivity contribution in [1.29, 1.82) is 0 Å². The summed E-state index contributed by atoms with van der Waals surface area (Å²) in [6.45, 7) is 2.18. The molecule has 0 bridgehead atoms. The van der Waals surface area contributed by atoms with Gasteiger partial charge in [0.1, 0.15) is 6.61 Å². The zero-order chi connectivity index (χ0) is 13.6. The Kier molecular flexibility index (Phi) is 11.5.